The van der Waals surface area contributed by atoms with Gasteiger partial charge in [0.25, 0.3) is 5.56 Å². The molecule has 2 aromatic rings. The minimum Gasteiger partial charge on any atom is -0.459 e. The van der Waals surface area contributed by atoms with Crippen LogP contribution in [0, 0.1) is 5.92 Å². The van der Waals surface area contributed by atoms with E-state index in [9.17, 15) is 19.2 Å². The summed E-state index contributed by atoms with van der Waals surface area (Å²) in [6, 6.07) is 0. The largest absolute Gasteiger partial charge is 0.459 e. The molecule has 1 aliphatic heterocycles. The molecule has 2 aliphatic rings. The van der Waals surface area contributed by atoms with Gasteiger partial charge in [-0.25, -0.2) is 0 Å². The number of anilines is 1. The number of fused-ring (bicyclic) bond motifs is 1. The zero-order valence-electron chi connectivity index (χ0n) is 15.7. The highest BCUT2D eigenvalue weighted by atomic mass is 32.1. The lowest BCUT2D eigenvalue weighted by Gasteiger charge is -2.23. The van der Waals surface area contributed by atoms with Crippen molar-refractivity contribution in [3.8, 4) is 0 Å². The lowest BCUT2D eigenvalue weighted by molar-refractivity contribution is -0.160. The number of nitrogen functional groups attached to an aromatic ring is 1. The number of hydrogen-bond acceptors (Lipinski definition) is 10. The number of hydrogen-bond donors (Lipinski definition) is 2. The van der Waals surface area contributed by atoms with Gasteiger partial charge in [0.15, 0.2) is 11.9 Å². The predicted octanol–water partition coefficient (Wildman–Crippen LogP) is 0.289. The average molecular weight is 424 g/mol. The first-order valence-corrected chi connectivity index (χ1v) is 9.97. The summed E-state index contributed by atoms with van der Waals surface area (Å²) in [7, 11) is 0. The number of nitrogens with one attached hydrogen (secondary N) is 1. The molecule has 2 fully saturated rings. The van der Waals surface area contributed by atoms with Gasteiger partial charge in [-0.1, -0.05) is 11.3 Å². The van der Waals surface area contributed by atoms with E-state index in [0.29, 0.717) is 11.3 Å². The third kappa shape index (κ3) is 3.77. The summed E-state index contributed by atoms with van der Waals surface area (Å²) in [5.74, 6) is -0.966. The summed E-state index contributed by atoms with van der Waals surface area (Å²) in [4.78, 5) is 53.9. The molecule has 0 bridgehead atoms. The van der Waals surface area contributed by atoms with Crippen LogP contribution in [0.1, 0.15) is 39.3 Å². The molecule has 4 rings (SSSR count). The Labute approximate surface area is 167 Å². The highest BCUT2D eigenvalue weighted by molar-refractivity contribution is 7.16. The number of carbonyl (C=O) groups excluding carboxylic acids is 2. The van der Waals surface area contributed by atoms with E-state index in [4.69, 9.17) is 19.9 Å². The first-order chi connectivity index (χ1) is 13.7. The van der Waals surface area contributed by atoms with Gasteiger partial charge in [0.05, 0.1) is 0 Å². The third-order valence-corrected chi connectivity index (χ3v) is 5.86. The second-order valence-electron chi connectivity index (χ2n) is 7.20. The van der Waals surface area contributed by atoms with Crippen molar-refractivity contribution < 1.29 is 23.8 Å². The van der Waals surface area contributed by atoms with Gasteiger partial charge in [-0.2, -0.15) is 4.98 Å². The van der Waals surface area contributed by atoms with Crippen molar-refractivity contribution in [3.05, 3.63) is 20.0 Å². The molecule has 12 heteroatoms. The molecule has 3 N–H and O–H groups in total. The van der Waals surface area contributed by atoms with Crippen molar-refractivity contribution in [2.45, 2.75) is 57.6 Å². The van der Waals surface area contributed by atoms with Crippen LogP contribution in [0.25, 0.3) is 10.3 Å². The summed E-state index contributed by atoms with van der Waals surface area (Å²) in [6.45, 7) is 2.57. The van der Waals surface area contributed by atoms with Crippen LogP contribution in [0.3, 0.4) is 0 Å². The molecule has 1 unspecified atom stereocenters. The van der Waals surface area contributed by atoms with Gasteiger partial charge < -0.3 is 19.9 Å². The van der Waals surface area contributed by atoms with Crippen LogP contribution in [0.15, 0.2) is 9.59 Å². The Morgan fingerprint density at radius 3 is 2.66 bits per heavy atom. The van der Waals surface area contributed by atoms with Gasteiger partial charge >= 0.3 is 16.8 Å². The monoisotopic (exact) mass is 424 g/mol. The van der Waals surface area contributed by atoms with Crippen molar-refractivity contribution in [2.24, 2.45) is 5.92 Å². The van der Waals surface area contributed by atoms with Gasteiger partial charge in [-0.05, 0) is 18.8 Å². The molecule has 2 aromatic heterocycles. The number of nitrogens with two attached hydrogens (primary N) is 1. The maximum Gasteiger partial charge on any atom is 0.311 e. The van der Waals surface area contributed by atoms with Crippen LogP contribution < -0.4 is 16.2 Å². The molecular formula is C17H20N4O7S. The number of rotatable bonds is 5. The number of carbonyl (C=O) groups is 2. The van der Waals surface area contributed by atoms with Crippen molar-refractivity contribution in [1.82, 2.24) is 14.5 Å². The molecule has 1 saturated heterocycles. The van der Waals surface area contributed by atoms with E-state index in [1.54, 1.807) is 0 Å². The minimum absolute atomic E-state index is 0.0551. The number of aromatic amines is 1. The molecule has 1 saturated carbocycles. The fourth-order valence-electron chi connectivity index (χ4n) is 3.69. The average Bonchev–Trinajstić information content (AvgIpc) is 3.30. The van der Waals surface area contributed by atoms with Crippen LogP contribution >= 0.6 is 11.3 Å². The van der Waals surface area contributed by atoms with E-state index < -0.39 is 46.9 Å². The van der Waals surface area contributed by atoms with Crippen LogP contribution in [0.5, 0.6) is 0 Å². The van der Waals surface area contributed by atoms with Crippen LogP contribution in [-0.4, -0.2) is 44.8 Å². The molecule has 29 heavy (non-hydrogen) atoms. The molecular weight excluding hydrogens is 404 g/mol. The number of esters is 2. The molecule has 3 heterocycles. The van der Waals surface area contributed by atoms with Gasteiger partial charge in [0.1, 0.15) is 23.0 Å². The summed E-state index contributed by atoms with van der Waals surface area (Å²) in [5, 5.41) is 0. The highest BCUT2D eigenvalue weighted by Crippen LogP contribution is 2.43. The summed E-state index contributed by atoms with van der Waals surface area (Å²) < 4.78 is 18.2. The molecule has 11 nitrogen and oxygen atoms in total. The van der Waals surface area contributed by atoms with Gasteiger partial charge in [0.2, 0.25) is 5.95 Å². The second-order valence-corrected chi connectivity index (χ2v) is 8.16. The fourth-order valence-corrected chi connectivity index (χ4v) is 4.53. The zero-order chi connectivity index (χ0) is 20.9. The van der Waals surface area contributed by atoms with Gasteiger partial charge in [-0.15, -0.1) is 0 Å². The van der Waals surface area contributed by atoms with Gasteiger partial charge in [-0.3, -0.25) is 28.7 Å². The summed E-state index contributed by atoms with van der Waals surface area (Å²) in [6.07, 6.45) is -0.867. The Balaban J connectivity index is 1.75. The third-order valence-electron chi connectivity index (χ3n) is 4.92. The lowest BCUT2D eigenvalue weighted by Crippen LogP contribution is -2.33. The van der Waals surface area contributed by atoms with Gasteiger partial charge in [0, 0.05) is 20.3 Å². The molecule has 0 radical (unpaired) electrons. The summed E-state index contributed by atoms with van der Waals surface area (Å²) >= 11 is 0.701. The van der Waals surface area contributed by atoms with Crippen molar-refractivity contribution >= 4 is 39.6 Å². The van der Waals surface area contributed by atoms with E-state index in [-0.39, 0.29) is 28.6 Å². The highest BCUT2D eigenvalue weighted by Gasteiger charge is 2.49. The molecule has 156 valence electrons. The van der Waals surface area contributed by atoms with Crippen LogP contribution in [0.2, 0.25) is 0 Å². The smallest absolute Gasteiger partial charge is 0.311 e. The molecule has 0 amide bonds. The second kappa shape index (κ2) is 7.26. The van der Waals surface area contributed by atoms with Crippen molar-refractivity contribution in [3.63, 3.8) is 0 Å². The first-order valence-electron chi connectivity index (χ1n) is 9.15. The number of H-pyrrole nitrogens is 1. The van der Waals surface area contributed by atoms with Crippen LogP contribution in [0.4, 0.5) is 5.95 Å². The predicted molar refractivity (Wildman–Crippen MR) is 101 cm³/mol. The minimum atomic E-state index is -1.02. The van der Waals surface area contributed by atoms with E-state index in [0.717, 1.165) is 12.8 Å². The Bertz CT molecular complexity index is 1090. The Morgan fingerprint density at radius 1 is 1.31 bits per heavy atom. The quantitative estimate of drug-likeness (QED) is 0.644. The van der Waals surface area contributed by atoms with Crippen LogP contribution in [-0.2, 0) is 23.8 Å². The molecule has 0 spiro atoms. The SMILES string of the molecule is CC(=O)OC(C1CC1)[C@@H]1C[C@@H](OC(C)=O)[C@H](n2c(=O)sc3c(=O)[nH]c(N)nc32)O1. The Hall–Kier alpha value is -2.73. The topological polar surface area (TPSA) is 156 Å². The molecule has 4 atom stereocenters. The fraction of sp³-hybridized carbons (Fsp3) is 0.588. The number of ether oxygens (including phenoxy) is 3. The van der Waals surface area contributed by atoms with E-state index >= 15 is 0 Å². The Kier molecular flexibility index (Phi) is 4.90. The van der Waals surface area contributed by atoms with Crippen molar-refractivity contribution in [1.29, 1.82) is 0 Å². The number of thiazole rings is 1. The number of aromatic nitrogens is 3. The van der Waals surface area contributed by atoms with E-state index in [1.807, 2.05) is 0 Å². The van der Waals surface area contributed by atoms with Crippen molar-refractivity contribution in [2.75, 3.05) is 5.73 Å². The standard InChI is InChI=1S/C17H20N4O7S/c1-6(22)26-10-5-9(11(8-3-4-8)27-7(2)23)28-15(10)21-13-12(29-17(21)25)14(24)20-16(18)19-13/h8-11,15H,3-5H2,1-2H3,(H3,18,19,20,24)/t9-,10+,11?,15+/m0/s1. The first kappa shape index (κ1) is 19.6. The Morgan fingerprint density at radius 2 is 2.03 bits per heavy atom. The molecule has 0 aromatic carbocycles. The maximum atomic E-state index is 12.7. The summed E-state index contributed by atoms with van der Waals surface area (Å²) in [5.41, 5.74) is 5.15. The zero-order valence-corrected chi connectivity index (χ0v) is 16.6. The molecule has 1 aliphatic carbocycles. The number of nitrogens with zero attached hydrogens (tertiary/aromatic N) is 2. The maximum absolute atomic E-state index is 12.7. The van der Waals surface area contributed by atoms with E-state index in [1.165, 1.54) is 18.4 Å². The van der Waals surface area contributed by atoms with E-state index in [2.05, 4.69) is 9.97 Å². The lowest BCUT2D eigenvalue weighted by atomic mass is 10.0. The normalized spacial score (nSPS) is 25.1.